The minimum Gasteiger partial charge on any atom is -0.481 e. The van der Waals surface area contributed by atoms with E-state index in [0.717, 1.165) is 25.7 Å². The van der Waals surface area contributed by atoms with Gasteiger partial charge < -0.3 is 10.0 Å². The number of carboxylic acid groups (broad SMARTS) is 1. The summed E-state index contributed by atoms with van der Waals surface area (Å²) in [6.45, 7) is 3.49. The normalized spacial score (nSPS) is 16.0. The molecule has 0 radical (unpaired) electrons. The van der Waals surface area contributed by atoms with Crippen molar-refractivity contribution >= 4 is 11.9 Å². The van der Waals surface area contributed by atoms with Crippen molar-refractivity contribution in [3.05, 3.63) is 35.4 Å². The summed E-state index contributed by atoms with van der Waals surface area (Å²) in [6, 6.07) is 8.65. The lowest BCUT2D eigenvalue weighted by molar-refractivity contribution is -0.144. The maximum absolute atomic E-state index is 11.7. The Balaban J connectivity index is 1.73. The van der Waals surface area contributed by atoms with E-state index in [2.05, 4.69) is 31.2 Å². The van der Waals surface area contributed by atoms with E-state index in [4.69, 9.17) is 5.11 Å². The highest BCUT2D eigenvalue weighted by Gasteiger charge is 2.23. The highest BCUT2D eigenvalue weighted by Crippen LogP contribution is 2.23. The Hall–Kier alpha value is -1.84. The third-order valence-corrected chi connectivity index (χ3v) is 4.23. The van der Waals surface area contributed by atoms with Gasteiger partial charge in [-0.2, -0.15) is 0 Å². The van der Waals surface area contributed by atoms with Crippen molar-refractivity contribution < 1.29 is 14.7 Å². The molecule has 1 amide bonds. The van der Waals surface area contributed by atoms with Gasteiger partial charge in [-0.15, -0.1) is 0 Å². The van der Waals surface area contributed by atoms with Crippen LogP contribution in [0.4, 0.5) is 0 Å². The van der Waals surface area contributed by atoms with E-state index in [9.17, 15) is 9.59 Å². The monoisotopic (exact) mass is 289 g/mol. The van der Waals surface area contributed by atoms with Gasteiger partial charge in [-0.25, -0.2) is 0 Å². The molecule has 0 aliphatic carbocycles. The van der Waals surface area contributed by atoms with Crippen LogP contribution in [0.1, 0.15) is 36.8 Å². The maximum Gasteiger partial charge on any atom is 0.312 e. The summed E-state index contributed by atoms with van der Waals surface area (Å²) in [5.41, 5.74) is 2.65. The second-order valence-electron chi connectivity index (χ2n) is 5.92. The number of carbonyl (C=O) groups is 2. The van der Waals surface area contributed by atoms with E-state index >= 15 is 0 Å². The van der Waals surface area contributed by atoms with Gasteiger partial charge in [0.1, 0.15) is 6.42 Å². The first kappa shape index (κ1) is 15.5. The summed E-state index contributed by atoms with van der Waals surface area (Å²) in [4.78, 5) is 23.9. The molecule has 4 heteroatoms. The van der Waals surface area contributed by atoms with E-state index in [1.54, 1.807) is 4.90 Å². The van der Waals surface area contributed by atoms with Crippen LogP contribution in [0.25, 0.3) is 0 Å². The summed E-state index contributed by atoms with van der Waals surface area (Å²) in [5.74, 6) is -0.652. The van der Waals surface area contributed by atoms with Crippen molar-refractivity contribution in [2.24, 2.45) is 5.92 Å². The van der Waals surface area contributed by atoms with Gasteiger partial charge in [0.05, 0.1) is 0 Å². The van der Waals surface area contributed by atoms with Crippen LogP contribution in [-0.2, 0) is 16.0 Å². The second kappa shape index (κ2) is 7.25. The molecule has 1 N–H and O–H groups in total. The Kier molecular flexibility index (Phi) is 5.37. The summed E-state index contributed by atoms with van der Waals surface area (Å²) in [6.07, 6.45) is 3.81. The Morgan fingerprint density at radius 2 is 1.81 bits per heavy atom. The Morgan fingerprint density at radius 1 is 1.19 bits per heavy atom. The topological polar surface area (TPSA) is 57.6 Å². The predicted octanol–water partition coefficient (Wildman–Crippen LogP) is 2.64. The second-order valence-corrected chi connectivity index (χ2v) is 5.92. The lowest BCUT2D eigenvalue weighted by atomic mass is 9.90. The molecule has 0 spiro atoms. The molecule has 0 aromatic heterocycles. The van der Waals surface area contributed by atoms with Crippen molar-refractivity contribution in [2.75, 3.05) is 13.1 Å². The minimum atomic E-state index is -1.04. The molecule has 0 atom stereocenters. The molecule has 1 aromatic carbocycles. The Morgan fingerprint density at radius 3 is 2.38 bits per heavy atom. The van der Waals surface area contributed by atoms with Gasteiger partial charge in [-0.3, -0.25) is 9.59 Å². The number of piperidine rings is 1. The first-order valence-corrected chi connectivity index (χ1v) is 7.59. The van der Waals surface area contributed by atoms with Crippen LogP contribution in [0.5, 0.6) is 0 Å². The summed E-state index contributed by atoms with van der Waals surface area (Å²) in [7, 11) is 0. The van der Waals surface area contributed by atoms with Crippen LogP contribution in [0.15, 0.2) is 24.3 Å². The van der Waals surface area contributed by atoms with Crippen LogP contribution in [-0.4, -0.2) is 35.0 Å². The van der Waals surface area contributed by atoms with Crippen molar-refractivity contribution in [3.63, 3.8) is 0 Å². The SMILES string of the molecule is Cc1ccc(CCC2CCN(C(=O)CC(=O)O)CC2)cc1. The van der Waals surface area contributed by atoms with E-state index in [1.165, 1.54) is 11.1 Å². The van der Waals surface area contributed by atoms with Crippen LogP contribution >= 0.6 is 0 Å². The molecule has 21 heavy (non-hydrogen) atoms. The molecule has 0 unspecified atom stereocenters. The zero-order chi connectivity index (χ0) is 15.2. The molecular weight excluding hydrogens is 266 g/mol. The average molecular weight is 289 g/mol. The quantitative estimate of drug-likeness (QED) is 0.848. The fourth-order valence-electron chi connectivity index (χ4n) is 2.84. The zero-order valence-corrected chi connectivity index (χ0v) is 12.5. The number of amides is 1. The summed E-state index contributed by atoms with van der Waals surface area (Å²) >= 11 is 0. The molecule has 1 aliphatic heterocycles. The molecule has 2 rings (SSSR count). The number of hydrogen-bond donors (Lipinski definition) is 1. The zero-order valence-electron chi connectivity index (χ0n) is 12.5. The first-order valence-electron chi connectivity index (χ1n) is 7.59. The van der Waals surface area contributed by atoms with E-state index in [0.29, 0.717) is 19.0 Å². The number of aryl methyl sites for hydroxylation is 2. The average Bonchev–Trinajstić information content (AvgIpc) is 2.46. The summed E-state index contributed by atoms with van der Waals surface area (Å²) < 4.78 is 0. The largest absolute Gasteiger partial charge is 0.481 e. The van der Waals surface area contributed by atoms with Gasteiger partial charge in [-0.1, -0.05) is 29.8 Å². The Labute approximate surface area is 125 Å². The number of carboxylic acids is 1. The lowest BCUT2D eigenvalue weighted by Gasteiger charge is -2.31. The summed E-state index contributed by atoms with van der Waals surface area (Å²) in [5, 5.41) is 8.65. The molecule has 1 heterocycles. The van der Waals surface area contributed by atoms with Crippen molar-refractivity contribution in [3.8, 4) is 0 Å². The van der Waals surface area contributed by atoms with Crippen LogP contribution in [0.2, 0.25) is 0 Å². The molecule has 1 aromatic rings. The van der Waals surface area contributed by atoms with E-state index in [-0.39, 0.29) is 12.3 Å². The number of rotatable bonds is 5. The van der Waals surface area contributed by atoms with Crippen LogP contribution < -0.4 is 0 Å². The van der Waals surface area contributed by atoms with Gasteiger partial charge in [0.15, 0.2) is 0 Å². The molecule has 0 saturated carbocycles. The number of aliphatic carboxylic acids is 1. The number of nitrogens with zero attached hydrogens (tertiary/aromatic N) is 1. The molecule has 1 aliphatic rings. The fraction of sp³-hybridized carbons (Fsp3) is 0.529. The van der Waals surface area contributed by atoms with Gasteiger partial charge in [0.25, 0.3) is 0 Å². The van der Waals surface area contributed by atoms with Crippen LogP contribution in [0.3, 0.4) is 0 Å². The van der Waals surface area contributed by atoms with Crippen LogP contribution in [0, 0.1) is 12.8 Å². The minimum absolute atomic E-state index is 0.250. The maximum atomic E-state index is 11.7. The highest BCUT2D eigenvalue weighted by molar-refractivity contribution is 5.93. The molecule has 1 saturated heterocycles. The molecule has 1 fully saturated rings. The number of benzene rings is 1. The lowest BCUT2D eigenvalue weighted by Crippen LogP contribution is -2.39. The number of hydrogen-bond acceptors (Lipinski definition) is 2. The number of likely N-dealkylation sites (tertiary alicyclic amines) is 1. The molecule has 4 nitrogen and oxygen atoms in total. The smallest absolute Gasteiger partial charge is 0.312 e. The van der Waals surface area contributed by atoms with Crippen molar-refractivity contribution in [1.29, 1.82) is 0 Å². The molecular formula is C17H23NO3. The predicted molar refractivity (Wildman–Crippen MR) is 81.1 cm³/mol. The third kappa shape index (κ3) is 4.88. The molecule has 114 valence electrons. The standard InChI is InChI=1S/C17H23NO3/c1-13-2-4-14(5-3-13)6-7-15-8-10-18(11-9-15)16(19)12-17(20)21/h2-5,15H,6-12H2,1H3,(H,20,21). The highest BCUT2D eigenvalue weighted by atomic mass is 16.4. The van der Waals surface area contributed by atoms with E-state index < -0.39 is 5.97 Å². The van der Waals surface area contributed by atoms with Gasteiger partial charge in [0.2, 0.25) is 5.91 Å². The van der Waals surface area contributed by atoms with Gasteiger partial charge >= 0.3 is 5.97 Å². The third-order valence-electron chi connectivity index (χ3n) is 4.23. The van der Waals surface area contributed by atoms with Gasteiger partial charge in [0, 0.05) is 13.1 Å². The van der Waals surface area contributed by atoms with Crippen molar-refractivity contribution in [1.82, 2.24) is 4.90 Å². The Bertz CT molecular complexity index is 487. The van der Waals surface area contributed by atoms with E-state index in [1.807, 2.05) is 0 Å². The van der Waals surface area contributed by atoms with Crippen molar-refractivity contribution in [2.45, 2.75) is 39.0 Å². The van der Waals surface area contributed by atoms with Gasteiger partial charge in [-0.05, 0) is 44.1 Å². The molecule has 0 bridgehead atoms. The number of carbonyl (C=O) groups excluding carboxylic acids is 1. The first-order chi connectivity index (χ1) is 10.0. The fourth-order valence-corrected chi connectivity index (χ4v) is 2.84.